The molecule has 3 aromatic rings. The number of pyridine rings is 1. The number of fused-ring (bicyclic) bond motifs is 3. The Kier molecular flexibility index (Phi) is 8.44. The molecule has 1 aliphatic carbocycles. The van der Waals surface area contributed by atoms with Crippen LogP contribution in [-0.4, -0.2) is 77.4 Å². The zero-order valence-electron chi connectivity index (χ0n) is 24.5. The number of aliphatic imine (C=N–C) groups is 1. The number of ether oxygens (including phenoxy) is 3. The van der Waals surface area contributed by atoms with Crippen LogP contribution in [0.5, 0.6) is 11.5 Å². The molecule has 1 saturated heterocycles. The highest BCUT2D eigenvalue weighted by Gasteiger charge is 2.62. The molecule has 0 spiro atoms. The maximum atomic E-state index is 13.7. The minimum Gasteiger partial charge on any atom is -0.495 e. The third-order valence-corrected chi connectivity index (χ3v) is 9.42. The lowest BCUT2D eigenvalue weighted by molar-refractivity contribution is -0.144. The van der Waals surface area contributed by atoms with E-state index in [9.17, 15) is 19.6 Å². The van der Waals surface area contributed by atoms with Crippen LogP contribution in [0.2, 0.25) is 5.02 Å². The Balaban J connectivity index is 1.34. The molecular weight excluding hydrogens is 620 g/mol. The number of amides is 3. The van der Waals surface area contributed by atoms with Gasteiger partial charge in [-0.1, -0.05) is 23.8 Å². The van der Waals surface area contributed by atoms with E-state index in [-0.39, 0.29) is 29.6 Å². The molecule has 3 amide bonds. The predicted molar refractivity (Wildman–Crippen MR) is 167 cm³/mol. The van der Waals surface area contributed by atoms with E-state index in [2.05, 4.69) is 15.3 Å². The third-order valence-electron chi connectivity index (χ3n) is 8.19. The number of benzene rings is 1. The highest BCUT2D eigenvalue weighted by molar-refractivity contribution is 7.13. The third kappa shape index (κ3) is 5.83. The smallest absolute Gasteiger partial charge is 0.332 e. The lowest BCUT2D eigenvalue weighted by atomic mass is 10.1. The molecule has 1 N–H and O–H groups in total. The number of esters is 1. The van der Waals surface area contributed by atoms with Gasteiger partial charge in [0.1, 0.15) is 51.0 Å². The van der Waals surface area contributed by atoms with Gasteiger partial charge >= 0.3 is 12.0 Å². The van der Waals surface area contributed by atoms with Crippen LogP contribution in [0, 0.1) is 17.2 Å². The maximum absolute atomic E-state index is 13.7. The van der Waals surface area contributed by atoms with E-state index in [4.69, 9.17) is 30.8 Å². The van der Waals surface area contributed by atoms with Gasteiger partial charge in [-0.05, 0) is 37.8 Å². The van der Waals surface area contributed by atoms with Crippen molar-refractivity contribution in [3.05, 3.63) is 46.4 Å². The number of rotatable bonds is 5. The van der Waals surface area contributed by atoms with E-state index in [0.29, 0.717) is 45.9 Å². The summed E-state index contributed by atoms with van der Waals surface area (Å²) >= 11 is 7.92. The van der Waals surface area contributed by atoms with Crippen molar-refractivity contribution in [3.63, 3.8) is 0 Å². The predicted octanol–water partition coefficient (Wildman–Crippen LogP) is 4.69. The average Bonchev–Trinajstić information content (AvgIpc) is 3.34. The van der Waals surface area contributed by atoms with Crippen molar-refractivity contribution < 1.29 is 28.6 Å². The Morgan fingerprint density at radius 3 is 2.82 bits per heavy atom. The fourth-order valence-corrected chi connectivity index (χ4v) is 6.75. The summed E-state index contributed by atoms with van der Waals surface area (Å²) in [6, 6.07) is 5.70. The number of allylic oxidation sites excluding steroid dienone is 1. The molecule has 45 heavy (non-hydrogen) atoms. The van der Waals surface area contributed by atoms with Gasteiger partial charge in [0.05, 0.1) is 26.3 Å². The van der Waals surface area contributed by atoms with Crippen LogP contribution in [0.1, 0.15) is 37.8 Å². The number of methoxy groups -OCH3 is 2. The van der Waals surface area contributed by atoms with Crippen molar-refractivity contribution in [1.29, 1.82) is 5.26 Å². The molecule has 12 nitrogen and oxygen atoms in total. The summed E-state index contributed by atoms with van der Waals surface area (Å²) in [5.74, 6) is -0.385. The maximum Gasteiger partial charge on any atom is 0.332 e. The molecule has 1 saturated carbocycles. The summed E-state index contributed by atoms with van der Waals surface area (Å²) in [6.07, 6.45) is 7.60. The second-order valence-corrected chi connectivity index (χ2v) is 12.2. The Labute approximate surface area is 267 Å². The number of nitrogens with zero attached hydrogens (tertiary/aromatic N) is 5. The summed E-state index contributed by atoms with van der Waals surface area (Å²) < 4.78 is 16.9. The minimum atomic E-state index is -1.19. The highest BCUT2D eigenvalue weighted by Crippen LogP contribution is 2.46. The molecule has 2 aliphatic heterocycles. The molecule has 0 bridgehead atoms. The fourth-order valence-electron chi connectivity index (χ4n) is 5.76. The normalized spacial score (nSPS) is 26.1. The average molecular weight is 649 g/mol. The van der Waals surface area contributed by atoms with Gasteiger partial charge in [-0.25, -0.2) is 24.5 Å². The molecule has 0 unspecified atom stereocenters. The van der Waals surface area contributed by atoms with Gasteiger partial charge in [0.25, 0.3) is 5.91 Å². The van der Waals surface area contributed by atoms with Crippen molar-refractivity contribution >= 4 is 58.0 Å². The summed E-state index contributed by atoms with van der Waals surface area (Å²) in [4.78, 5) is 54.4. The summed E-state index contributed by atoms with van der Waals surface area (Å²) in [5, 5.41) is 15.1. The van der Waals surface area contributed by atoms with E-state index in [1.165, 1.54) is 30.5 Å². The number of nitrogens with one attached hydrogen (secondary N) is 1. The van der Waals surface area contributed by atoms with Gasteiger partial charge in [0.15, 0.2) is 5.69 Å². The number of hydrogen-bond donors (Lipinski definition) is 1. The van der Waals surface area contributed by atoms with Crippen molar-refractivity contribution in [1.82, 2.24) is 20.2 Å². The van der Waals surface area contributed by atoms with Crippen molar-refractivity contribution in [2.75, 3.05) is 20.8 Å². The van der Waals surface area contributed by atoms with E-state index in [0.717, 1.165) is 12.8 Å². The molecule has 6 rings (SSSR count). The number of halogens is 1. The van der Waals surface area contributed by atoms with Crippen LogP contribution in [0.4, 0.5) is 4.79 Å². The fraction of sp³-hybridized carbons (Fsp3) is 0.387. The molecule has 232 valence electrons. The first-order valence-electron chi connectivity index (χ1n) is 14.4. The second kappa shape index (κ2) is 12.5. The van der Waals surface area contributed by atoms with Gasteiger partial charge in [-0.2, -0.15) is 5.26 Å². The van der Waals surface area contributed by atoms with Crippen LogP contribution in [-0.2, 0) is 14.3 Å². The quantitative estimate of drug-likeness (QED) is 0.306. The Hall–Kier alpha value is -4.54. The standard InChI is InChI=1S/C31H29ClN6O6S/c1-42-23-9-8-20-24(12-21(36-26(20)25(23)32)28-35-18(14-33)16-45-28)44-19-11-22-27(39)34-10-6-4-3-5-7-17-13-31(17,29(40)43-2)37-30(41)38(22)15-19/h5,7-10,12,16-17,19,22H,3-4,6,11,13,15H2,1-2H3,(H,37,41)/b7-5-,34-10+/t17-,19-,22-,31+/m0/s1. The number of aromatic nitrogens is 2. The zero-order valence-corrected chi connectivity index (χ0v) is 26.1. The second-order valence-electron chi connectivity index (χ2n) is 11.0. The number of carbonyl (C=O) groups is 3. The summed E-state index contributed by atoms with van der Waals surface area (Å²) in [5.41, 5.74) is -0.101. The molecule has 2 aromatic heterocycles. The van der Waals surface area contributed by atoms with E-state index < -0.39 is 35.6 Å². The number of thiazole rings is 1. The molecule has 2 fully saturated rings. The van der Waals surface area contributed by atoms with Crippen molar-refractivity contribution in [2.24, 2.45) is 10.9 Å². The molecule has 4 atom stereocenters. The molecular formula is C31H29ClN6O6S. The SMILES string of the molecule is COC(=O)[C@@]12C[C@@H]1/C=C\CCC/C=N/C(=O)[C@@H]1C[C@H](Oc3cc(-c4nc(C#N)cs4)nc4c(Cl)c(OC)ccc34)CN1C(=O)N2. The lowest BCUT2D eigenvalue weighted by Crippen LogP contribution is -2.53. The number of carbonyl (C=O) groups excluding carboxylic acids is 3. The Morgan fingerprint density at radius 1 is 1.22 bits per heavy atom. The molecule has 3 aliphatic rings. The molecule has 1 aromatic carbocycles. The number of nitriles is 1. The topological polar surface area (TPSA) is 156 Å². The van der Waals surface area contributed by atoms with Gasteiger partial charge in [-0.3, -0.25) is 4.79 Å². The van der Waals surface area contributed by atoms with Crippen LogP contribution in [0.25, 0.3) is 21.6 Å². The first-order valence-corrected chi connectivity index (χ1v) is 15.6. The first kappa shape index (κ1) is 30.5. The van der Waals surface area contributed by atoms with Crippen LogP contribution in [0.15, 0.2) is 40.7 Å². The van der Waals surface area contributed by atoms with Crippen molar-refractivity contribution in [2.45, 2.75) is 49.8 Å². The van der Waals surface area contributed by atoms with Crippen molar-refractivity contribution in [3.8, 4) is 28.3 Å². The van der Waals surface area contributed by atoms with E-state index >= 15 is 0 Å². The van der Waals surface area contributed by atoms with Gasteiger partial charge in [0, 0.05) is 35.4 Å². The summed E-state index contributed by atoms with van der Waals surface area (Å²) in [6.45, 7) is 0.0500. The van der Waals surface area contributed by atoms with Crippen LogP contribution in [0.3, 0.4) is 0 Å². The van der Waals surface area contributed by atoms with Gasteiger partial charge < -0.3 is 24.4 Å². The highest BCUT2D eigenvalue weighted by atomic mass is 35.5. The molecule has 4 heterocycles. The first-order chi connectivity index (χ1) is 21.8. The lowest BCUT2D eigenvalue weighted by Gasteiger charge is -2.25. The van der Waals surface area contributed by atoms with Crippen LogP contribution < -0.4 is 14.8 Å². The van der Waals surface area contributed by atoms with Crippen LogP contribution >= 0.6 is 22.9 Å². The Bertz CT molecular complexity index is 1790. The largest absolute Gasteiger partial charge is 0.495 e. The van der Waals surface area contributed by atoms with Gasteiger partial charge in [0.2, 0.25) is 0 Å². The Morgan fingerprint density at radius 2 is 2.07 bits per heavy atom. The summed E-state index contributed by atoms with van der Waals surface area (Å²) in [7, 11) is 2.79. The molecule has 14 heteroatoms. The monoisotopic (exact) mass is 648 g/mol. The molecule has 0 radical (unpaired) electrons. The van der Waals surface area contributed by atoms with E-state index in [1.807, 2.05) is 18.2 Å². The zero-order chi connectivity index (χ0) is 31.7. The van der Waals surface area contributed by atoms with E-state index in [1.54, 1.807) is 29.8 Å². The number of urea groups is 1. The minimum absolute atomic E-state index is 0.0500. The number of hydrogen-bond acceptors (Lipinski definition) is 10. The van der Waals surface area contributed by atoms with Gasteiger partial charge in [-0.15, -0.1) is 11.3 Å².